The van der Waals surface area contributed by atoms with Gasteiger partial charge in [0.2, 0.25) is 5.76 Å². The quantitative estimate of drug-likeness (QED) is 0.888. The lowest BCUT2D eigenvalue weighted by Crippen LogP contribution is -2.31. The smallest absolute Gasteiger partial charge is 0.296 e. The molecule has 0 bridgehead atoms. The number of nitrogens with one attached hydrogen (secondary N) is 1. The van der Waals surface area contributed by atoms with Crippen molar-refractivity contribution < 1.29 is 9.05 Å². The van der Waals surface area contributed by atoms with Crippen LogP contribution < -0.4 is 5.32 Å². The third kappa shape index (κ3) is 2.43. The molecule has 2 aromatic heterocycles. The fourth-order valence-corrected chi connectivity index (χ4v) is 2.26. The minimum Gasteiger partial charge on any atom is -0.351 e. The summed E-state index contributed by atoms with van der Waals surface area (Å²) in [6.45, 7) is 4.01. The van der Waals surface area contributed by atoms with Crippen LogP contribution in [0, 0.1) is 12.8 Å². The molecule has 2 aromatic rings. The van der Waals surface area contributed by atoms with Gasteiger partial charge >= 0.3 is 0 Å². The second-order valence-electron chi connectivity index (χ2n) is 4.76. The highest BCUT2D eigenvalue weighted by Crippen LogP contribution is 2.20. The van der Waals surface area contributed by atoms with Gasteiger partial charge in [-0.25, -0.2) is 0 Å². The SMILES string of the molecule is Cc1cc(-c2nc(CC3CCCNC3)no2)on1. The molecule has 3 rings (SSSR count). The van der Waals surface area contributed by atoms with E-state index in [1.165, 1.54) is 12.8 Å². The van der Waals surface area contributed by atoms with Crippen LogP contribution in [-0.4, -0.2) is 28.4 Å². The second-order valence-corrected chi connectivity index (χ2v) is 4.76. The molecular weight excluding hydrogens is 232 g/mol. The predicted octanol–water partition coefficient (Wildman–Crippen LogP) is 1.58. The van der Waals surface area contributed by atoms with Gasteiger partial charge in [0.1, 0.15) is 0 Å². The first-order valence-corrected chi connectivity index (χ1v) is 6.28. The number of hydrogen-bond acceptors (Lipinski definition) is 6. The van der Waals surface area contributed by atoms with E-state index in [1.54, 1.807) is 6.07 Å². The average molecular weight is 248 g/mol. The zero-order valence-electron chi connectivity index (χ0n) is 10.3. The molecule has 0 saturated carbocycles. The normalized spacial score (nSPS) is 20.2. The highest BCUT2D eigenvalue weighted by atomic mass is 16.5. The van der Waals surface area contributed by atoms with E-state index in [-0.39, 0.29) is 0 Å². The van der Waals surface area contributed by atoms with Crippen LogP contribution in [0.3, 0.4) is 0 Å². The monoisotopic (exact) mass is 248 g/mol. The van der Waals surface area contributed by atoms with Gasteiger partial charge in [0.15, 0.2) is 5.82 Å². The lowest BCUT2D eigenvalue weighted by atomic mass is 9.96. The minimum absolute atomic E-state index is 0.411. The summed E-state index contributed by atoms with van der Waals surface area (Å²) in [6.07, 6.45) is 3.29. The molecule has 18 heavy (non-hydrogen) atoms. The van der Waals surface area contributed by atoms with Crippen LogP contribution in [-0.2, 0) is 6.42 Å². The van der Waals surface area contributed by atoms with Crippen LogP contribution in [0.2, 0.25) is 0 Å². The molecule has 1 N–H and O–H groups in total. The van der Waals surface area contributed by atoms with Crippen molar-refractivity contribution in [2.24, 2.45) is 5.92 Å². The maximum atomic E-state index is 5.19. The molecule has 0 spiro atoms. The maximum absolute atomic E-state index is 5.19. The molecule has 3 heterocycles. The second kappa shape index (κ2) is 4.89. The number of rotatable bonds is 3. The molecule has 1 fully saturated rings. The van der Waals surface area contributed by atoms with Gasteiger partial charge in [-0.15, -0.1) is 0 Å². The maximum Gasteiger partial charge on any atom is 0.296 e. The molecule has 0 aromatic carbocycles. The van der Waals surface area contributed by atoms with Crippen LogP contribution in [0.25, 0.3) is 11.7 Å². The lowest BCUT2D eigenvalue weighted by Gasteiger charge is -2.20. The van der Waals surface area contributed by atoms with Gasteiger partial charge in [-0.3, -0.25) is 0 Å². The van der Waals surface area contributed by atoms with Crippen LogP contribution in [0.5, 0.6) is 0 Å². The van der Waals surface area contributed by atoms with Crippen molar-refractivity contribution >= 4 is 0 Å². The van der Waals surface area contributed by atoms with Crippen LogP contribution in [0.4, 0.5) is 0 Å². The Labute approximate surface area is 105 Å². The fraction of sp³-hybridized carbons (Fsp3) is 0.583. The van der Waals surface area contributed by atoms with Crippen LogP contribution >= 0.6 is 0 Å². The Morgan fingerprint density at radius 3 is 3.06 bits per heavy atom. The molecule has 1 saturated heterocycles. The summed E-state index contributed by atoms with van der Waals surface area (Å²) in [5, 5.41) is 11.2. The van der Waals surface area contributed by atoms with E-state index in [0.29, 0.717) is 17.6 Å². The Hall–Kier alpha value is -1.69. The first kappa shape index (κ1) is 11.4. The van der Waals surface area contributed by atoms with E-state index in [4.69, 9.17) is 9.05 Å². The van der Waals surface area contributed by atoms with Gasteiger partial charge in [-0.05, 0) is 38.8 Å². The first-order chi connectivity index (χ1) is 8.81. The van der Waals surface area contributed by atoms with Crippen LogP contribution in [0.1, 0.15) is 24.4 Å². The Kier molecular flexibility index (Phi) is 3.10. The molecular formula is C12H16N4O2. The van der Waals surface area contributed by atoms with Gasteiger partial charge in [0, 0.05) is 12.5 Å². The van der Waals surface area contributed by atoms with Crippen molar-refractivity contribution in [1.82, 2.24) is 20.6 Å². The van der Waals surface area contributed by atoms with Crippen molar-refractivity contribution in [2.75, 3.05) is 13.1 Å². The van der Waals surface area contributed by atoms with Gasteiger partial charge in [0.25, 0.3) is 5.89 Å². The zero-order chi connectivity index (χ0) is 12.4. The van der Waals surface area contributed by atoms with Crippen molar-refractivity contribution in [3.8, 4) is 11.7 Å². The Morgan fingerprint density at radius 2 is 2.33 bits per heavy atom. The summed E-state index contributed by atoms with van der Waals surface area (Å²) in [5.74, 6) is 2.29. The van der Waals surface area contributed by atoms with Crippen molar-refractivity contribution in [2.45, 2.75) is 26.2 Å². The molecule has 6 heteroatoms. The predicted molar refractivity (Wildman–Crippen MR) is 63.8 cm³/mol. The van der Waals surface area contributed by atoms with Crippen molar-refractivity contribution in [3.05, 3.63) is 17.6 Å². The topological polar surface area (TPSA) is 77.0 Å². The van der Waals surface area contributed by atoms with Crippen molar-refractivity contribution in [3.63, 3.8) is 0 Å². The molecule has 0 radical (unpaired) electrons. The van der Waals surface area contributed by atoms with Gasteiger partial charge in [-0.1, -0.05) is 10.3 Å². The third-order valence-electron chi connectivity index (χ3n) is 3.18. The Balaban J connectivity index is 1.69. The summed E-state index contributed by atoms with van der Waals surface area (Å²) in [5.41, 5.74) is 0.807. The molecule has 0 aliphatic carbocycles. The summed E-state index contributed by atoms with van der Waals surface area (Å²) in [6, 6.07) is 1.79. The highest BCUT2D eigenvalue weighted by Gasteiger charge is 2.18. The molecule has 6 nitrogen and oxygen atoms in total. The number of aromatic nitrogens is 3. The zero-order valence-corrected chi connectivity index (χ0v) is 10.3. The van der Waals surface area contributed by atoms with Gasteiger partial charge in [-0.2, -0.15) is 4.98 Å². The molecule has 0 amide bonds. The third-order valence-corrected chi connectivity index (χ3v) is 3.18. The van der Waals surface area contributed by atoms with E-state index < -0.39 is 0 Å². The summed E-state index contributed by atoms with van der Waals surface area (Å²) in [4.78, 5) is 4.35. The van der Waals surface area contributed by atoms with E-state index >= 15 is 0 Å². The van der Waals surface area contributed by atoms with E-state index in [1.807, 2.05) is 6.92 Å². The molecule has 96 valence electrons. The Bertz CT molecular complexity index is 514. The number of piperidine rings is 1. The molecule has 1 unspecified atom stereocenters. The summed E-state index contributed by atoms with van der Waals surface area (Å²) in [7, 11) is 0. The van der Waals surface area contributed by atoms with E-state index in [9.17, 15) is 0 Å². The fourth-order valence-electron chi connectivity index (χ4n) is 2.26. The Morgan fingerprint density at radius 1 is 1.39 bits per heavy atom. The molecule has 1 aliphatic rings. The molecule has 1 aliphatic heterocycles. The number of nitrogens with zero attached hydrogens (tertiary/aromatic N) is 3. The highest BCUT2D eigenvalue weighted by molar-refractivity contribution is 5.43. The average Bonchev–Trinajstić information content (AvgIpc) is 2.99. The van der Waals surface area contributed by atoms with Crippen LogP contribution in [0.15, 0.2) is 15.1 Å². The first-order valence-electron chi connectivity index (χ1n) is 6.28. The summed E-state index contributed by atoms with van der Waals surface area (Å²) < 4.78 is 10.3. The van der Waals surface area contributed by atoms with E-state index in [0.717, 1.165) is 31.0 Å². The lowest BCUT2D eigenvalue weighted by molar-refractivity contribution is 0.355. The minimum atomic E-state index is 0.411. The number of aryl methyl sites for hydroxylation is 1. The van der Waals surface area contributed by atoms with Gasteiger partial charge in [0.05, 0.1) is 5.69 Å². The summed E-state index contributed by atoms with van der Waals surface area (Å²) >= 11 is 0. The van der Waals surface area contributed by atoms with Gasteiger partial charge < -0.3 is 14.4 Å². The van der Waals surface area contributed by atoms with E-state index in [2.05, 4.69) is 20.6 Å². The van der Waals surface area contributed by atoms with Crippen molar-refractivity contribution in [1.29, 1.82) is 0 Å². The standard InChI is InChI=1S/C12H16N4O2/c1-8-5-10(17-15-8)12-14-11(16-18-12)6-9-3-2-4-13-7-9/h5,9,13H,2-4,6-7H2,1H3. The molecule has 1 atom stereocenters. The number of hydrogen-bond donors (Lipinski definition) is 1. The largest absolute Gasteiger partial charge is 0.351 e.